The van der Waals surface area contributed by atoms with Crippen LogP contribution < -0.4 is 10.5 Å². The number of rotatable bonds is 5. The molecule has 2 aromatic carbocycles. The van der Waals surface area contributed by atoms with Crippen LogP contribution in [0.25, 0.3) is 0 Å². The maximum Gasteiger partial charge on any atom is 0.240 e. The average molecular weight is 324 g/mol. The summed E-state index contributed by atoms with van der Waals surface area (Å²) in [6.45, 7) is 0.0111. The second-order valence-corrected chi connectivity index (χ2v) is 6.55. The highest BCUT2D eigenvalue weighted by atomic mass is 32.2. The molecule has 0 bridgehead atoms. The molecular weight excluding hydrogens is 311 g/mol. The Hall–Kier alpha value is -1.83. The van der Waals surface area contributed by atoms with Crippen molar-refractivity contribution in [3.05, 3.63) is 65.5 Å². The lowest BCUT2D eigenvalue weighted by Crippen LogP contribution is -2.23. The SMILES string of the molecule is NC(=S)c1ccc(S(=O)(=O)NCc2cccc(F)c2)cc1. The van der Waals surface area contributed by atoms with Gasteiger partial charge in [0.05, 0.1) is 4.90 Å². The van der Waals surface area contributed by atoms with Crippen molar-refractivity contribution in [2.24, 2.45) is 5.73 Å². The molecule has 2 aromatic rings. The highest BCUT2D eigenvalue weighted by molar-refractivity contribution is 7.89. The van der Waals surface area contributed by atoms with E-state index >= 15 is 0 Å². The van der Waals surface area contributed by atoms with E-state index in [0.29, 0.717) is 11.1 Å². The van der Waals surface area contributed by atoms with Crippen molar-refractivity contribution >= 4 is 27.2 Å². The molecule has 0 aliphatic carbocycles. The summed E-state index contributed by atoms with van der Waals surface area (Å²) in [6.07, 6.45) is 0. The van der Waals surface area contributed by atoms with Gasteiger partial charge in [0.2, 0.25) is 10.0 Å². The fourth-order valence-electron chi connectivity index (χ4n) is 1.71. The summed E-state index contributed by atoms with van der Waals surface area (Å²) in [5, 5.41) is 0. The fraction of sp³-hybridized carbons (Fsp3) is 0.0714. The molecule has 0 heterocycles. The first-order valence-electron chi connectivity index (χ1n) is 6.02. The van der Waals surface area contributed by atoms with E-state index in [1.165, 1.54) is 30.3 Å². The van der Waals surface area contributed by atoms with Crippen molar-refractivity contribution < 1.29 is 12.8 Å². The van der Waals surface area contributed by atoms with Crippen LogP contribution in [0.5, 0.6) is 0 Å². The van der Waals surface area contributed by atoms with Crippen molar-refractivity contribution in [3.8, 4) is 0 Å². The Morgan fingerprint density at radius 3 is 2.43 bits per heavy atom. The Balaban J connectivity index is 2.13. The average Bonchev–Trinajstić information content (AvgIpc) is 2.45. The number of hydrogen-bond acceptors (Lipinski definition) is 3. The molecule has 110 valence electrons. The summed E-state index contributed by atoms with van der Waals surface area (Å²) in [6, 6.07) is 11.7. The lowest BCUT2D eigenvalue weighted by atomic mass is 10.2. The van der Waals surface area contributed by atoms with Crippen LogP contribution in [0.1, 0.15) is 11.1 Å². The standard InChI is InChI=1S/C14H13FN2O2S2/c15-12-3-1-2-10(8-12)9-17-21(18,19)13-6-4-11(5-7-13)14(16)20/h1-8,17H,9H2,(H2,16,20). The minimum atomic E-state index is -3.67. The number of benzene rings is 2. The molecule has 0 saturated carbocycles. The molecule has 7 heteroatoms. The van der Waals surface area contributed by atoms with Gasteiger partial charge >= 0.3 is 0 Å². The van der Waals surface area contributed by atoms with Crippen molar-refractivity contribution in [2.75, 3.05) is 0 Å². The van der Waals surface area contributed by atoms with Gasteiger partial charge in [-0.25, -0.2) is 17.5 Å². The van der Waals surface area contributed by atoms with Crippen LogP contribution in [0.15, 0.2) is 53.4 Å². The molecule has 0 atom stereocenters. The van der Waals surface area contributed by atoms with Crippen molar-refractivity contribution in [2.45, 2.75) is 11.4 Å². The van der Waals surface area contributed by atoms with E-state index in [0.717, 1.165) is 0 Å². The normalized spacial score (nSPS) is 11.3. The van der Waals surface area contributed by atoms with Crippen molar-refractivity contribution in [1.82, 2.24) is 4.72 Å². The summed E-state index contributed by atoms with van der Waals surface area (Å²) in [4.78, 5) is 0.297. The van der Waals surface area contributed by atoms with Gasteiger partial charge in [-0.3, -0.25) is 0 Å². The third kappa shape index (κ3) is 4.07. The van der Waals surface area contributed by atoms with Gasteiger partial charge in [0.25, 0.3) is 0 Å². The van der Waals surface area contributed by atoms with Gasteiger partial charge in [-0.05, 0) is 29.8 Å². The number of hydrogen-bond donors (Lipinski definition) is 2. The van der Waals surface area contributed by atoms with Crippen molar-refractivity contribution in [3.63, 3.8) is 0 Å². The number of nitrogens with two attached hydrogens (primary N) is 1. The lowest BCUT2D eigenvalue weighted by molar-refractivity contribution is 0.580. The van der Waals surface area contributed by atoms with Crippen LogP contribution in [0.2, 0.25) is 0 Å². The summed E-state index contributed by atoms with van der Waals surface area (Å²) < 4.78 is 39.6. The second-order valence-electron chi connectivity index (χ2n) is 4.34. The third-order valence-corrected chi connectivity index (χ3v) is 4.46. The second kappa shape index (κ2) is 6.30. The van der Waals surface area contributed by atoms with E-state index in [2.05, 4.69) is 4.72 Å². The van der Waals surface area contributed by atoms with Gasteiger partial charge < -0.3 is 5.73 Å². The molecule has 0 radical (unpaired) electrons. The van der Waals surface area contributed by atoms with Crippen LogP contribution in [0.4, 0.5) is 4.39 Å². The molecule has 0 aliphatic rings. The maximum absolute atomic E-state index is 13.0. The van der Waals surface area contributed by atoms with Gasteiger partial charge in [0, 0.05) is 12.1 Å². The first-order valence-corrected chi connectivity index (χ1v) is 7.91. The Labute approximate surface area is 127 Å². The first kappa shape index (κ1) is 15.6. The zero-order valence-corrected chi connectivity index (χ0v) is 12.5. The molecule has 4 nitrogen and oxygen atoms in total. The number of sulfonamides is 1. The molecule has 3 N–H and O–H groups in total. The number of halogens is 1. The smallest absolute Gasteiger partial charge is 0.240 e. The Morgan fingerprint density at radius 2 is 1.86 bits per heavy atom. The monoisotopic (exact) mass is 324 g/mol. The number of nitrogens with one attached hydrogen (secondary N) is 1. The summed E-state index contributed by atoms with van der Waals surface area (Å²) in [5.41, 5.74) is 6.58. The minimum Gasteiger partial charge on any atom is -0.389 e. The van der Waals surface area contributed by atoms with Crippen LogP contribution in [0, 0.1) is 5.82 Å². The Kier molecular flexibility index (Phi) is 4.66. The summed E-state index contributed by atoms with van der Waals surface area (Å²) in [7, 11) is -3.67. The van der Waals surface area contributed by atoms with E-state index in [9.17, 15) is 12.8 Å². The van der Waals surface area contributed by atoms with Gasteiger partial charge in [-0.15, -0.1) is 0 Å². The summed E-state index contributed by atoms with van der Waals surface area (Å²) >= 11 is 4.80. The van der Waals surface area contributed by atoms with E-state index in [1.807, 2.05) is 0 Å². The van der Waals surface area contributed by atoms with Crippen LogP contribution >= 0.6 is 12.2 Å². The molecule has 0 amide bonds. The quantitative estimate of drug-likeness (QED) is 0.825. The van der Waals surface area contributed by atoms with Crippen molar-refractivity contribution in [1.29, 1.82) is 0 Å². The molecule has 0 aliphatic heterocycles. The minimum absolute atomic E-state index is 0.0111. The lowest BCUT2D eigenvalue weighted by Gasteiger charge is -2.07. The maximum atomic E-state index is 13.0. The molecule has 0 fully saturated rings. The molecule has 0 spiro atoms. The van der Waals surface area contributed by atoms with Crippen LogP contribution in [-0.2, 0) is 16.6 Å². The zero-order chi connectivity index (χ0) is 15.5. The third-order valence-electron chi connectivity index (χ3n) is 2.80. The molecular formula is C14H13FN2O2S2. The van der Waals surface area contributed by atoms with E-state index in [-0.39, 0.29) is 16.4 Å². The van der Waals surface area contributed by atoms with Gasteiger partial charge in [-0.1, -0.05) is 36.5 Å². The summed E-state index contributed by atoms with van der Waals surface area (Å²) in [5.74, 6) is -0.410. The zero-order valence-electron chi connectivity index (χ0n) is 10.9. The van der Waals surface area contributed by atoms with Gasteiger partial charge in [0.1, 0.15) is 10.8 Å². The fourth-order valence-corrected chi connectivity index (χ4v) is 2.86. The largest absolute Gasteiger partial charge is 0.389 e. The highest BCUT2D eigenvalue weighted by Gasteiger charge is 2.13. The van der Waals surface area contributed by atoms with Crippen LogP contribution in [0.3, 0.4) is 0 Å². The molecule has 0 aromatic heterocycles. The van der Waals surface area contributed by atoms with Gasteiger partial charge in [0.15, 0.2) is 0 Å². The first-order chi connectivity index (χ1) is 9.88. The Morgan fingerprint density at radius 1 is 1.19 bits per heavy atom. The van der Waals surface area contributed by atoms with E-state index in [4.69, 9.17) is 18.0 Å². The molecule has 21 heavy (non-hydrogen) atoms. The topological polar surface area (TPSA) is 72.2 Å². The molecule has 2 rings (SSSR count). The van der Waals surface area contributed by atoms with Gasteiger partial charge in [-0.2, -0.15) is 0 Å². The predicted octanol–water partition coefficient (Wildman–Crippen LogP) is 1.94. The predicted molar refractivity (Wildman–Crippen MR) is 82.8 cm³/mol. The van der Waals surface area contributed by atoms with E-state index < -0.39 is 15.8 Å². The molecule has 0 saturated heterocycles. The Bertz CT molecular complexity index is 759. The molecule has 0 unspecified atom stereocenters. The van der Waals surface area contributed by atoms with E-state index in [1.54, 1.807) is 18.2 Å². The highest BCUT2D eigenvalue weighted by Crippen LogP contribution is 2.12. The van der Waals surface area contributed by atoms with Crippen LogP contribution in [-0.4, -0.2) is 13.4 Å². The number of thiocarbonyl (C=S) groups is 1.